The second-order valence-electron chi connectivity index (χ2n) is 4.43. The summed E-state index contributed by atoms with van der Waals surface area (Å²) in [7, 11) is 0. The van der Waals surface area contributed by atoms with Crippen molar-refractivity contribution in [3.8, 4) is 0 Å². The molecule has 1 atom stereocenters. The molecule has 2 aliphatic heterocycles. The number of ether oxygens (including phenoxy) is 1. The largest absolute Gasteiger partial charge is 0.379 e. The third-order valence-corrected chi connectivity index (χ3v) is 3.40. The van der Waals surface area contributed by atoms with Crippen LogP contribution in [0.1, 0.15) is 19.8 Å². The summed E-state index contributed by atoms with van der Waals surface area (Å²) in [5.74, 6) is 0.249. The second kappa shape index (κ2) is 4.68. The van der Waals surface area contributed by atoms with E-state index in [4.69, 9.17) is 10.5 Å². The molecule has 0 aromatic rings. The van der Waals surface area contributed by atoms with Crippen molar-refractivity contribution in [3.63, 3.8) is 0 Å². The molecule has 5 heteroatoms. The van der Waals surface area contributed by atoms with Crippen LogP contribution in [-0.4, -0.2) is 43.2 Å². The standard InChI is InChI=1S/C10H18N2O2.ClH/c1-2-10(6-14-7-10)9(13)12-4-3-8(11)5-12;/h8H,2-7,11H2,1H3;1H/t8-;/m0./s1. The van der Waals surface area contributed by atoms with Crippen molar-refractivity contribution in [1.29, 1.82) is 0 Å². The summed E-state index contributed by atoms with van der Waals surface area (Å²) in [6, 6.07) is 0.175. The van der Waals surface area contributed by atoms with E-state index in [0.29, 0.717) is 13.2 Å². The SMILES string of the molecule is CCC1(C(=O)N2CC[C@H](N)C2)COC1.Cl. The third-order valence-electron chi connectivity index (χ3n) is 3.40. The van der Waals surface area contributed by atoms with Crippen LogP contribution in [0, 0.1) is 5.41 Å². The molecule has 0 aromatic heterocycles. The first-order valence-corrected chi connectivity index (χ1v) is 5.31. The van der Waals surface area contributed by atoms with Gasteiger partial charge in [-0.1, -0.05) is 6.92 Å². The highest BCUT2D eigenvalue weighted by atomic mass is 35.5. The molecule has 2 rings (SSSR count). The van der Waals surface area contributed by atoms with Gasteiger partial charge in [0.1, 0.15) is 0 Å². The van der Waals surface area contributed by atoms with Crippen molar-refractivity contribution in [3.05, 3.63) is 0 Å². The van der Waals surface area contributed by atoms with Crippen molar-refractivity contribution < 1.29 is 9.53 Å². The monoisotopic (exact) mass is 234 g/mol. The van der Waals surface area contributed by atoms with Crippen LogP contribution in [0.15, 0.2) is 0 Å². The minimum Gasteiger partial charge on any atom is -0.379 e. The zero-order chi connectivity index (χ0) is 10.2. The number of carbonyl (C=O) groups excluding carboxylic acids is 1. The van der Waals surface area contributed by atoms with E-state index in [1.807, 2.05) is 4.90 Å². The highest BCUT2D eigenvalue weighted by molar-refractivity contribution is 5.85. The fourth-order valence-electron chi connectivity index (χ4n) is 2.13. The van der Waals surface area contributed by atoms with Gasteiger partial charge in [-0.05, 0) is 12.8 Å². The number of halogens is 1. The number of nitrogens with two attached hydrogens (primary N) is 1. The predicted octanol–water partition coefficient (Wildman–Crippen LogP) is 0.394. The molecular formula is C10H19ClN2O2. The van der Waals surface area contributed by atoms with E-state index in [9.17, 15) is 4.79 Å². The minimum atomic E-state index is -0.218. The van der Waals surface area contributed by atoms with Crippen molar-refractivity contribution in [2.24, 2.45) is 11.1 Å². The van der Waals surface area contributed by atoms with Crippen LogP contribution in [0.25, 0.3) is 0 Å². The first kappa shape index (κ1) is 12.7. The molecule has 2 N–H and O–H groups in total. The molecular weight excluding hydrogens is 216 g/mol. The van der Waals surface area contributed by atoms with Gasteiger partial charge in [0.25, 0.3) is 0 Å². The van der Waals surface area contributed by atoms with Crippen LogP contribution in [0.5, 0.6) is 0 Å². The molecule has 0 spiro atoms. The number of likely N-dealkylation sites (tertiary alicyclic amines) is 1. The van der Waals surface area contributed by atoms with E-state index in [1.54, 1.807) is 0 Å². The van der Waals surface area contributed by atoms with Crippen LogP contribution < -0.4 is 5.73 Å². The van der Waals surface area contributed by atoms with E-state index in [1.165, 1.54) is 0 Å². The van der Waals surface area contributed by atoms with Gasteiger partial charge in [0, 0.05) is 19.1 Å². The Bertz CT molecular complexity index is 238. The summed E-state index contributed by atoms with van der Waals surface area (Å²) < 4.78 is 5.16. The Kier molecular flexibility index (Phi) is 3.98. The number of amides is 1. The molecule has 0 radical (unpaired) electrons. The molecule has 0 unspecified atom stereocenters. The van der Waals surface area contributed by atoms with Crippen LogP contribution >= 0.6 is 12.4 Å². The summed E-state index contributed by atoms with van der Waals surface area (Å²) in [6.45, 7) is 4.78. The van der Waals surface area contributed by atoms with E-state index >= 15 is 0 Å². The van der Waals surface area contributed by atoms with Gasteiger partial charge in [0.05, 0.1) is 18.6 Å². The normalized spacial score (nSPS) is 28.1. The molecule has 0 saturated carbocycles. The average molecular weight is 235 g/mol. The number of carbonyl (C=O) groups is 1. The Morgan fingerprint density at radius 3 is 2.60 bits per heavy atom. The van der Waals surface area contributed by atoms with Gasteiger partial charge in [-0.25, -0.2) is 0 Å². The van der Waals surface area contributed by atoms with Gasteiger partial charge < -0.3 is 15.4 Å². The average Bonchev–Trinajstić information content (AvgIpc) is 2.50. The van der Waals surface area contributed by atoms with Gasteiger partial charge in [-0.2, -0.15) is 0 Å². The maximum Gasteiger partial charge on any atom is 0.233 e. The summed E-state index contributed by atoms with van der Waals surface area (Å²) >= 11 is 0. The van der Waals surface area contributed by atoms with Crippen LogP contribution in [0.3, 0.4) is 0 Å². The molecule has 2 fully saturated rings. The highest BCUT2D eigenvalue weighted by Gasteiger charge is 2.47. The van der Waals surface area contributed by atoms with Crippen LogP contribution in [0.4, 0.5) is 0 Å². The summed E-state index contributed by atoms with van der Waals surface area (Å²) in [6.07, 6.45) is 1.81. The number of hydrogen-bond donors (Lipinski definition) is 1. The first-order valence-electron chi connectivity index (χ1n) is 5.31. The molecule has 2 saturated heterocycles. The van der Waals surface area contributed by atoms with E-state index in [0.717, 1.165) is 25.9 Å². The molecule has 0 aliphatic carbocycles. The number of nitrogens with zero attached hydrogens (tertiary/aromatic N) is 1. The highest BCUT2D eigenvalue weighted by Crippen LogP contribution is 2.34. The van der Waals surface area contributed by atoms with Gasteiger partial charge in [0.2, 0.25) is 5.91 Å². The van der Waals surface area contributed by atoms with Gasteiger partial charge >= 0.3 is 0 Å². The van der Waals surface area contributed by atoms with Crippen LogP contribution in [-0.2, 0) is 9.53 Å². The van der Waals surface area contributed by atoms with Gasteiger partial charge in [-0.15, -0.1) is 12.4 Å². The molecule has 88 valence electrons. The van der Waals surface area contributed by atoms with Crippen molar-refractivity contribution in [2.45, 2.75) is 25.8 Å². The zero-order valence-electron chi connectivity index (χ0n) is 9.07. The quantitative estimate of drug-likeness (QED) is 0.752. The Hall–Kier alpha value is -0.320. The molecule has 4 nitrogen and oxygen atoms in total. The summed E-state index contributed by atoms with van der Waals surface area (Å²) in [5, 5.41) is 0. The van der Waals surface area contributed by atoms with Gasteiger partial charge in [-0.3, -0.25) is 4.79 Å². The number of hydrogen-bond acceptors (Lipinski definition) is 3. The van der Waals surface area contributed by atoms with Crippen molar-refractivity contribution in [2.75, 3.05) is 26.3 Å². The van der Waals surface area contributed by atoms with E-state index in [-0.39, 0.29) is 29.8 Å². The fraction of sp³-hybridized carbons (Fsp3) is 0.900. The lowest BCUT2D eigenvalue weighted by atomic mass is 9.81. The second-order valence-corrected chi connectivity index (χ2v) is 4.43. The lowest BCUT2D eigenvalue weighted by molar-refractivity contribution is -0.172. The lowest BCUT2D eigenvalue weighted by Gasteiger charge is -2.41. The Labute approximate surface area is 96.5 Å². The van der Waals surface area contributed by atoms with Gasteiger partial charge in [0.15, 0.2) is 0 Å². The molecule has 15 heavy (non-hydrogen) atoms. The molecule has 2 aliphatic rings. The predicted molar refractivity (Wildman–Crippen MR) is 60.0 cm³/mol. The maximum absolute atomic E-state index is 12.1. The Balaban J connectivity index is 0.00000112. The minimum absolute atomic E-state index is 0. The van der Waals surface area contributed by atoms with E-state index < -0.39 is 0 Å². The van der Waals surface area contributed by atoms with Crippen molar-refractivity contribution >= 4 is 18.3 Å². The molecule has 0 bridgehead atoms. The Morgan fingerprint density at radius 2 is 2.27 bits per heavy atom. The maximum atomic E-state index is 12.1. The lowest BCUT2D eigenvalue weighted by Crippen LogP contribution is -2.54. The van der Waals surface area contributed by atoms with E-state index in [2.05, 4.69) is 6.92 Å². The first-order chi connectivity index (χ1) is 6.68. The summed E-state index contributed by atoms with van der Waals surface area (Å²) in [5.41, 5.74) is 5.56. The summed E-state index contributed by atoms with van der Waals surface area (Å²) in [4.78, 5) is 14.0. The molecule has 0 aromatic carbocycles. The smallest absolute Gasteiger partial charge is 0.233 e. The fourth-order valence-corrected chi connectivity index (χ4v) is 2.13. The van der Waals surface area contributed by atoms with Crippen molar-refractivity contribution in [1.82, 2.24) is 4.90 Å². The zero-order valence-corrected chi connectivity index (χ0v) is 9.89. The topological polar surface area (TPSA) is 55.6 Å². The molecule has 1 amide bonds. The molecule has 2 heterocycles. The Morgan fingerprint density at radius 1 is 1.60 bits per heavy atom. The third kappa shape index (κ3) is 2.12. The van der Waals surface area contributed by atoms with Crippen LogP contribution in [0.2, 0.25) is 0 Å². The number of rotatable bonds is 2.